The molecule has 1 heterocycles. The second kappa shape index (κ2) is 7.47. The van der Waals surface area contributed by atoms with E-state index in [9.17, 15) is 14.9 Å². The zero-order chi connectivity index (χ0) is 19.7. The van der Waals surface area contributed by atoms with E-state index in [0.29, 0.717) is 12.0 Å². The zero-order valence-corrected chi connectivity index (χ0v) is 15.9. The van der Waals surface area contributed by atoms with Crippen LogP contribution in [0.4, 0.5) is 11.4 Å². The highest BCUT2D eigenvalue weighted by Crippen LogP contribution is 2.42. The van der Waals surface area contributed by atoms with Gasteiger partial charge in [0.05, 0.1) is 11.6 Å². The van der Waals surface area contributed by atoms with E-state index in [1.807, 2.05) is 37.3 Å². The molecule has 1 saturated carbocycles. The summed E-state index contributed by atoms with van der Waals surface area (Å²) >= 11 is 0. The van der Waals surface area contributed by atoms with Crippen molar-refractivity contribution in [1.29, 1.82) is 5.26 Å². The summed E-state index contributed by atoms with van der Waals surface area (Å²) in [5.41, 5.74) is 4.78. The minimum atomic E-state index is -0.169. The van der Waals surface area contributed by atoms with Crippen molar-refractivity contribution in [3.05, 3.63) is 58.7 Å². The van der Waals surface area contributed by atoms with Crippen molar-refractivity contribution >= 4 is 23.2 Å². The second-order valence-electron chi connectivity index (χ2n) is 7.68. The van der Waals surface area contributed by atoms with Crippen molar-refractivity contribution in [2.45, 2.75) is 44.9 Å². The lowest BCUT2D eigenvalue weighted by molar-refractivity contribution is -0.119. The molecule has 142 valence electrons. The Morgan fingerprint density at radius 1 is 1.14 bits per heavy atom. The summed E-state index contributed by atoms with van der Waals surface area (Å²) < 4.78 is 0. The number of carbonyl (C=O) groups is 2. The Kier molecular flexibility index (Phi) is 4.87. The third-order valence-electron chi connectivity index (χ3n) is 5.97. The van der Waals surface area contributed by atoms with Gasteiger partial charge in [0.25, 0.3) is 0 Å². The average molecular weight is 373 g/mol. The van der Waals surface area contributed by atoms with Gasteiger partial charge in [-0.3, -0.25) is 9.59 Å². The monoisotopic (exact) mass is 373 g/mol. The number of fused-ring (bicyclic) bond motifs is 1. The molecule has 2 N–H and O–H groups in total. The maximum Gasteiger partial charge on any atom is 0.227 e. The van der Waals surface area contributed by atoms with Gasteiger partial charge in [-0.2, -0.15) is 5.26 Å². The molecule has 2 aromatic carbocycles. The van der Waals surface area contributed by atoms with Crippen LogP contribution in [-0.2, 0) is 9.59 Å². The van der Waals surface area contributed by atoms with Crippen molar-refractivity contribution in [3.63, 3.8) is 0 Å². The van der Waals surface area contributed by atoms with Crippen molar-refractivity contribution < 1.29 is 9.59 Å². The molecule has 1 aliphatic carbocycles. The van der Waals surface area contributed by atoms with E-state index < -0.39 is 0 Å². The number of hydrogen-bond donors (Lipinski definition) is 2. The van der Waals surface area contributed by atoms with Gasteiger partial charge in [-0.05, 0) is 48.6 Å². The van der Waals surface area contributed by atoms with E-state index in [0.717, 1.165) is 53.7 Å². The normalized spacial score (nSPS) is 18.9. The molecule has 1 unspecified atom stereocenters. The molecule has 2 aromatic rings. The van der Waals surface area contributed by atoms with Gasteiger partial charge in [0.1, 0.15) is 0 Å². The maximum absolute atomic E-state index is 12.5. The molecule has 0 radical (unpaired) electrons. The fourth-order valence-corrected chi connectivity index (χ4v) is 4.41. The Morgan fingerprint density at radius 2 is 1.89 bits per heavy atom. The molecular formula is C23H23N3O2. The van der Waals surface area contributed by atoms with Crippen LogP contribution in [-0.4, -0.2) is 11.8 Å². The summed E-state index contributed by atoms with van der Waals surface area (Å²) in [5.74, 6) is -0.0974. The van der Waals surface area contributed by atoms with Crippen LogP contribution >= 0.6 is 0 Å². The summed E-state index contributed by atoms with van der Waals surface area (Å²) in [6, 6.07) is 13.5. The van der Waals surface area contributed by atoms with Crippen molar-refractivity contribution in [1.82, 2.24) is 0 Å². The van der Waals surface area contributed by atoms with Crippen molar-refractivity contribution in [3.8, 4) is 6.07 Å². The highest BCUT2D eigenvalue weighted by atomic mass is 16.2. The van der Waals surface area contributed by atoms with Crippen LogP contribution in [0.15, 0.2) is 36.4 Å². The number of nitrogens with zero attached hydrogens (tertiary/aromatic N) is 1. The van der Waals surface area contributed by atoms with Crippen LogP contribution in [0.25, 0.3) is 0 Å². The first-order chi connectivity index (χ1) is 13.6. The standard InChI is InChI=1S/C23H23N3O2/c1-14-20(25-23(28)15-6-2-3-7-15)11-10-18-19(12-21(27)26-22(14)18)17-9-5-4-8-16(17)13-24/h4-5,8-11,15,19H,2-3,6-7,12H2,1H3,(H,25,28)(H,26,27). The first-order valence-electron chi connectivity index (χ1n) is 9.81. The van der Waals surface area contributed by atoms with E-state index in [-0.39, 0.29) is 23.7 Å². The van der Waals surface area contributed by atoms with E-state index in [1.165, 1.54) is 0 Å². The van der Waals surface area contributed by atoms with Gasteiger partial charge in [0.15, 0.2) is 0 Å². The summed E-state index contributed by atoms with van der Waals surface area (Å²) in [7, 11) is 0. The Hall–Kier alpha value is -3.13. The second-order valence-corrected chi connectivity index (χ2v) is 7.68. The van der Waals surface area contributed by atoms with Crippen LogP contribution in [0.2, 0.25) is 0 Å². The maximum atomic E-state index is 12.5. The van der Waals surface area contributed by atoms with Gasteiger partial charge in [-0.1, -0.05) is 37.1 Å². The highest BCUT2D eigenvalue weighted by Gasteiger charge is 2.30. The highest BCUT2D eigenvalue weighted by molar-refractivity contribution is 5.99. The molecule has 1 aliphatic heterocycles. The number of benzene rings is 2. The Bertz CT molecular complexity index is 984. The Balaban J connectivity index is 1.70. The smallest absolute Gasteiger partial charge is 0.227 e. The average Bonchev–Trinajstić information content (AvgIpc) is 3.25. The quantitative estimate of drug-likeness (QED) is 0.833. The van der Waals surface area contributed by atoms with Crippen LogP contribution in [0.5, 0.6) is 0 Å². The lowest BCUT2D eigenvalue weighted by atomic mass is 9.81. The molecule has 2 amide bonds. The Labute approximate surface area is 164 Å². The molecule has 2 aliphatic rings. The molecule has 1 atom stereocenters. The third kappa shape index (κ3) is 3.27. The van der Waals surface area contributed by atoms with Gasteiger partial charge in [0.2, 0.25) is 11.8 Å². The third-order valence-corrected chi connectivity index (χ3v) is 5.97. The SMILES string of the molecule is Cc1c(NC(=O)C2CCCC2)ccc2c1NC(=O)CC2c1ccccc1C#N. The molecule has 5 heteroatoms. The predicted octanol–water partition coefficient (Wildman–Crippen LogP) is 4.47. The lowest BCUT2D eigenvalue weighted by Gasteiger charge is -2.29. The van der Waals surface area contributed by atoms with Gasteiger partial charge < -0.3 is 10.6 Å². The summed E-state index contributed by atoms with van der Waals surface area (Å²) in [5, 5.41) is 15.5. The summed E-state index contributed by atoms with van der Waals surface area (Å²) in [4.78, 5) is 25.0. The first kappa shape index (κ1) is 18.2. The fourth-order valence-electron chi connectivity index (χ4n) is 4.41. The molecule has 4 rings (SSSR count). The molecule has 28 heavy (non-hydrogen) atoms. The molecule has 1 fully saturated rings. The van der Waals surface area contributed by atoms with Crippen LogP contribution in [0.3, 0.4) is 0 Å². The van der Waals surface area contributed by atoms with Gasteiger partial charge in [-0.25, -0.2) is 0 Å². The van der Waals surface area contributed by atoms with Gasteiger partial charge in [-0.15, -0.1) is 0 Å². The van der Waals surface area contributed by atoms with E-state index in [2.05, 4.69) is 16.7 Å². The molecule has 0 aromatic heterocycles. The minimum Gasteiger partial charge on any atom is -0.326 e. The minimum absolute atomic E-state index is 0.0639. The molecular weight excluding hydrogens is 350 g/mol. The van der Waals surface area contributed by atoms with Gasteiger partial charge in [0, 0.05) is 29.6 Å². The van der Waals surface area contributed by atoms with Crippen LogP contribution in [0, 0.1) is 24.2 Å². The number of nitrogens with one attached hydrogen (secondary N) is 2. The fraction of sp³-hybridized carbons (Fsp3) is 0.348. The molecule has 5 nitrogen and oxygen atoms in total. The molecule has 0 saturated heterocycles. The predicted molar refractivity (Wildman–Crippen MR) is 108 cm³/mol. The zero-order valence-electron chi connectivity index (χ0n) is 15.9. The largest absolute Gasteiger partial charge is 0.326 e. The number of amides is 2. The van der Waals surface area contributed by atoms with Crippen LogP contribution < -0.4 is 10.6 Å². The number of carbonyl (C=O) groups excluding carboxylic acids is 2. The summed E-state index contributed by atoms with van der Waals surface area (Å²) in [6.45, 7) is 1.92. The summed E-state index contributed by atoms with van der Waals surface area (Å²) in [6.07, 6.45) is 4.41. The number of rotatable bonds is 3. The molecule has 0 spiro atoms. The number of hydrogen-bond acceptors (Lipinski definition) is 3. The van der Waals surface area contributed by atoms with Crippen LogP contribution in [0.1, 0.15) is 60.3 Å². The first-order valence-corrected chi connectivity index (χ1v) is 9.81. The Morgan fingerprint density at radius 3 is 2.64 bits per heavy atom. The topological polar surface area (TPSA) is 82.0 Å². The lowest BCUT2D eigenvalue weighted by Crippen LogP contribution is -2.26. The van der Waals surface area contributed by atoms with Crippen molar-refractivity contribution in [2.75, 3.05) is 10.6 Å². The van der Waals surface area contributed by atoms with Crippen molar-refractivity contribution in [2.24, 2.45) is 5.92 Å². The van der Waals surface area contributed by atoms with E-state index in [1.54, 1.807) is 6.07 Å². The number of nitriles is 1. The number of anilines is 2. The molecule has 0 bridgehead atoms. The van der Waals surface area contributed by atoms with E-state index in [4.69, 9.17) is 0 Å². The van der Waals surface area contributed by atoms with E-state index >= 15 is 0 Å². The van der Waals surface area contributed by atoms with Gasteiger partial charge >= 0.3 is 0 Å².